The van der Waals surface area contributed by atoms with Gasteiger partial charge in [-0.05, 0) is 0 Å². The van der Waals surface area contributed by atoms with Gasteiger partial charge in [-0.2, -0.15) is 0 Å². The fourth-order valence-corrected chi connectivity index (χ4v) is 0.825. The topological polar surface area (TPSA) is 0 Å². The minimum absolute atomic E-state index is 1.10. The second kappa shape index (κ2) is 1.33. The molecule has 0 aromatic rings. The van der Waals surface area contributed by atoms with Crippen molar-refractivity contribution < 1.29 is 0 Å². The Morgan fingerprint density at radius 1 is 1.60 bits per heavy atom. The Labute approximate surface area is 41.0 Å². The van der Waals surface area contributed by atoms with E-state index in [1.165, 1.54) is 18.1 Å². The molecular formula is C4H7Al+2. The monoisotopic (exact) mass is 82.0 g/mol. The summed E-state index contributed by atoms with van der Waals surface area (Å²) in [5.41, 5.74) is 0. The summed E-state index contributed by atoms with van der Waals surface area (Å²) >= 11 is 2.76. The van der Waals surface area contributed by atoms with Gasteiger partial charge in [-0.25, -0.2) is 0 Å². The molecule has 0 aromatic heterocycles. The Kier molecular flexibility index (Phi) is 0.984. The van der Waals surface area contributed by atoms with E-state index in [2.05, 4.69) is 16.3 Å². The first kappa shape index (κ1) is 3.71. The second-order valence-electron chi connectivity index (χ2n) is 1.68. The van der Waals surface area contributed by atoms with Crippen LogP contribution in [-0.4, -0.2) is 16.3 Å². The van der Waals surface area contributed by atoms with E-state index < -0.39 is 0 Å². The van der Waals surface area contributed by atoms with E-state index in [1.807, 2.05) is 0 Å². The van der Waals surface area contributed by atoms with Crippen LogP contribution in [0.15, 0.2) is 0 Å². The maximum atomic E-state index is 2.76. The summed E-state index contributed by atoms with van der Waals surface area (Å²) in [5.74, 6) is 1.10. The molecule has 0 nitrogen and oxygen atoms in total. The Hall–Kier alpha value is 0.532. The predicted molar refractivity (Wildman–Crippen MR) is 23.3 cm³/mol. The maximum absolute atomic E-state index is 2.76. The zero-order valence-electron chi connectivity index (χ0n) is 3.28. The summed E-state index contributed by atoms with van der Waals surface area (Å²) in [6, 6.07) is 0. The molecule has 0 aliphatic heterocycles. The fourth-order valence-electron chi connectivity index (χ4n) is 0.354. The van der Waals surface area contributed by atoms with Crippen LogP contribution < -0.4 is 0 Å². The molecule has 0 radical (unpaired) electrons. The zero-order valence-corrected chi connectivity index (χ0v) is 4.43. The summed E-state index contributed by atoms with van der Waals surface area (Å²) in [7, 11) is 0. The van der Waals surface area contributed by atoms with Gasteiger partial charge < -0.3 is 0 Å². The Morgan fingerprint density at radius 2 is 2.20 bits per heavy atom. The van der Waals surface area contributed by atoms with Gasteiger partial charge in [0.15, 0.2) is 0 Å². The van der Waals surface area contributed by atoms with Crippen LogP contribution >= 0.6 is 0 Å². The summed E-state index contributed by atoms with van der Waals surface area (Å²) in [6.45, 7) is 0. The Bertz CT molecular complexity index is 30.6. The Morgan fingerprint density at radius 3 is 2.20 bits per heavy atom. The molecule has 1 heteroatoms. The van der Waals surface area contributed by atoms with Crippen molar-refractivity contribution in [3.8, 4) is 0 Å². The number of rotatable bonds is 1. The van der Waals surface area contributed by atoms with Crippen LogP contribution in [0.25, 0.3) is 0 Å². The van der Waals surface area contributed by atoms with E-state index in [0.29, 0.717) is 0 Å². The van der Waals surface area contributed by atoms with Crippen molar-refractivity contribution in [2.24, 2.45) is 5.92 Å². The molecule has 0 heterocycles. The molecule has 0 N–H and O–H groups in total. The third kappa shape index (κ3) is 0.950. The molecule has 1 rings (SSSR count). The van der Waals surface area contributed by atoms with Crippen LogP contribution in [0.5, 0.6) is 0 Å². The van der Waals surface area contributed by atoms with E-state index >= 15 is 0 Å². The molecule has 1 aliphatic rings. The second-order valence-corrected chi connectivity index (χ2v) is 2.15. The molecule has 0 spiro atoms. The van der Waals surface area contributed by atoms with Gasteiger partial charge in [-0.3, -0.25) is 0 Å². The average Bonchev–Trinajstić information content (AvgIpc) is 2.12. The molecule has 0 bridgehead atoms. The number of hydrogen-bond donors (Lipinski definition) is 0. The van der Waals surface area contributed by atoms with E-state index in [-0.39, 0.29) is 0 Å². The Balaban J connectivity index is 2.00. The van der Waals surface area contributed by atoms with Gasteiger partial charge in [-0.1, -0.05) is 0 Å². The molecule has 0 atom stereocenters. The van der Waals surface area contributed by atoms with Crippen LogP contribution in [0.1, 0.15) is 12.8 Å². The predicted octanol–water partition coefficient (Wildman–Crippen LogP) is 0.983. The molecular weight excluding hydrogens is 75.0 g/mol. The third-order valence-corrected chi connectivity index (χ3v) is 1.70. The molecule has 1 aliphatic carbocycles. The van der Waals surface area contributed by atoms with Crippen LogP contribution in [0, 0.1) is 5.92 Å². The van der Waals surface area contributed by atoms with Crippen molar-refractivity contribution in [3.05, 3.63) is 0 Å². The molecule has 1 fully saturated rings. The average molecular weight is 82.1 g/mol. The van der Waals surface area contributed by atoms with Crippen LogP contribution in [0.3, 0.4) is 0 Å². The van der Waals surface area contributed by atoms with Gasteiger partial charge in [0.05, 0.1) is 0 Å². The molecule has 0 saturated heterocycles. The summed E-state index contributed by atoms with van der Waals surface area (Å²) < 4.78 is 0. The van der Waals surface area contributed by atoms with Gasteiger partial charge in [0.1, 0.15) is 0 Å². The first-order chi connectivity index (χ1) is 2.43. The standard InChI is InChI=1S/C4H7.Al/c1-4-2-3-4;/h4H,1-3H2;/q;+2. The fraction of sp³-hybridized carbons (Fsp3) is 1.00. The van der Waals surface area contributed by atoms with Gasteiger partial charge in [0, 0.05) is 0 Å². The van der Waals surface area contributed by atoms with Crippen molar-refractivity contribution >= 4 is 16.3 Å². The van der Waals surface area contributed by atoms with Crippen molar-refractivity contribution in [3.63, 3.8) is 0 Å². The van der Waals surface area contributed by atoms with Crippen LogP contribution in [0.4, 0.5) is 0 Å². The van der Waals surface area contributed by atoms with Gasteiger partial charge >= 0.3 is 40.3 Å². The molecule has 0 amide bonds. The van der Waals surface area contributed by atoms with Gasteiger partial charge in [0.25, 0.3) is 0 Å². The molecule has 24 valence electrons. The molecule has 0 unspecified atom stereocenters. The van der Waals surface area contributed by atoms with E-state index in [9.17, 15) is 0 Å². The summed E-state index contributed by atoms with van der Waals surface area (Å²) in [4.78, 5) is 0. The third-order valence-electron chi connectivity index (χ3n) is 1.03. The van der Waals surface area contributed by atoms with Crippen molar-refractivity contribution in [2.75, 3.05) is 0 Å². The van der Waals surface area contributed by atoms with Crippen molar-refractivity contribution in [1.29, 1.82) is 0 Å². The van der Waals surface area contributed by atoms with Gasteiger partial charge in [0.2, 0.25) is 0 Å². The minimum atomic E-state index is 1.10. The molecule has 0 aromatic carbocycles. The van der Waals surface area contributed by atoms with Gasteiger partial charge in [-0.15, -0.1) is 0 Å². The van der Waals surface area contributed by atoms with Crippen LogP contribution in [-0.2, 0) is 0 Å². The summed E-state index contributed by atoms with van der Waals surface area (Å²) in [6.07, 6.45) is 2.98. The zero-order chi connectivity index (χ0) is 3.70. The van der Waals surface area contributed by atoms with Crippen molar-refractivity contribution in [1.82, 2.24) is 0 Å². The normalized spacial score (nSPS) is 23.6. The number of hydrogen-bond acceptors (Lipinski definition) is 0. The molecule has 5 heavy (non-hydrogen) atoms. The van der Waals surface area contributed by atoms with E-state index in [0.717, 1.165) is 5.92 Å². The van der Waals surface area contributed by atoms with Crippen LogP contribution in [0.2, 0.25) is 5.28 Å². The SMILES string of the molecule is [Al+2][CH2]C1CC1. The molecule has 1 saturated carbocycles. The first-order valence-corrected chi connectivity index (χ1v) is 2.95. The quantitative estimate of drug-likeness (QED) is 0.414. The summed E-state index contributed by atoms with van der Waals surface area (Å²) in [5, 5.41) is 1.33. The van der Waals surface area contributed by atoms with E-state index in [4.69, 9.17) is 0 Å². The van der Waals surface area contributed by atoms with Crippen molar-refractivity contribution in [2.45, 2.75) is 18.1 Å². The first-order valence-electron chi connectivity index (χ1n) is 2.13. The van der Waals surface area contributed by atoms with E-state index in [1.54, 1.807) is 0 Å².